The summed E-state index contributed by atoms with van der Waals surface area (Å²) in [5.41, 5.74) is 2.06. The van der Waals surface area contributed by atoms with Gasteiger partial charge >= 0.3 is 0 Å². The van der Waals surface area contributed by atoms with E-state index in [0.29, 0.717) is 0 Å². The normalized spacial score (nSPS) is 13.5. The van der Waals surface area contributed by atoms with Gasteiger partial charge in [0, 0.05) is 11.4 Å². The van der Waals surface area contributed by atoms with Crippen molar-refractivity contribution in [3.8, 4) is 0 Å². The third-order valence-corrected chi connectivity index (χ3v) is 3.26. The van der Waals surface area contributed by atoms with Crippen LogP contribution in [-0.2, 0) is 6.42 Å². The van der Waals surface area contributed by atoms with Crippen LogP contribution >= 0.6 is 23.2 Å². The zero-order valence-corrected chi connectivity index (χ0v) is 10.4. The molecule has 1 aromatic carbocycles. The zero-order valence-electron chi connectivity index (χ0n) is 8.91. The fourth-order valence-electron chi connectivity index (χ4n) is 1.70. The molecule has 1 atom stereocenters. The monoisotopic (exact) mass is 257 g/mol. The minimum Gasteiger partial charge on any atom is -0.464 e. The van der Waals surface area contributed by atoms with Crippen LogP contribution in [0.2, 0.25) is 0 Å². The van der Waals surface area contributed by atoms with Gasteiger partial charge in [-0.25, -0.2) is 0 Å². The second-order valence-corrected chi connectivity index (χ2v) is 4.89. The molecule has 2 nitrogen and oxygen atoms in total. The van der Waals surface area contributed by atoms with Gasteiger partial charge in [0.05, 0.1) is 6.26 Å². The molecule has 16 heavy (non-hydrogen) atoms. The van der Waals surface area contributed by atoms with Crippen LogP contribution in [0.1, 0.15) is 5.56 Å². The number of hydrogen-bond donors (Lipinski definition) is 1. The standard InChI is InChI=1S/C12H13Cl2NO/c1-15-10(12(13)14)6-8-2-3-9-4-5-16-11(9)7-8/h2-5,7,10,12,15H,6H2,1H3. The molecule has 1 N–H and O–H groups in total. The highest BCUT2D eigenvalue weighted by Gasteiger charge is 2.15. The average molecular weight is 258 g/mol. The quantitative estimate of drug-likeness (QED) is 0.850. The first-order valence-electron chi connectivity index (χ1n) is 5.12. The Morgan fingerprint density at radius 3 is 2.81 bits per heavy atom. The van der Waals surface area contributed by atoms with Crippen LogP contribution in [0, 0.1) is 0 Å². The van der Waals surface area contributed by atoms with Gasteiger partial charge in [0.2, 0.25) is 0 Å². The van der Waals surface area contributed by atoms with Gasteiger partial charge in [-0.2, -0.15) is 0 Å². The number of nitrogens with one attached hydrogen (secondary N) is 1. The maximum atomic E-state index is 5.87. The number of benzene rings is 1. The lowest BCUT2D eigenvalue weighted by atomic mass is 10.1. The number of furan rings is 1. The molecule has 0 bridgehead atoms. The van der Waals surface area contributed by atoms with Gasteiger partial charge in [0.25, 0.3) is 0 Å². The maximum absolute atomic E-state index is 5.87. The van der Waals surface area contributed by atoms with Crippen LogP contribution in [-0.4, -0.2) is 17.9 Å². The highest BCUT2D eigenvalue weighted by molar-refractivity contribution is 6.44. The van der Waals surface area contributed by atoms with Crippen molar-refractivity contribution in [1.82, 2.24) is 5.32 Å². The van der Waals surface area contributed by atoms with Gasteiger partial charge in [-0.3, -0.25) is 0 Å². The first-order chi connectivity index (χ1) is 7.70. The van der Waals surface area contributed by atoms with Crippen molar-refractivity contribution in [2.24, 2.45) is 0 Å². The number of alkyl halides is 2. The molecule has 4 heteroatoms. The van der Waals surface area contributed by atoms with Crippen LogP contribution in [0.3, 0.4) is 0 Å². The Labute approximate surface area is 105 Å². The molecule has 0 fully saturated rings. The first kappa shape index (κ1) is 11.8. The second kappa shape index (κ2) is 5.09. The SMILES string of the molecule is CNC(Cc1ccc2ccoc2c1)C(Cl)Cl. The summed E-state index contributed by atoms with van der Waals surface area (Å²) in [6, 6.07) is 8.13. The Balaban J connectivity index is 2.19. The van der Waals surface area contributed by atoms with Crippen LogP contribution in [0.15, 0.2) is 34.9 Å². The summed E-state index contributed by atoms with van der Waals surface area (Å²) in [5.74, 6) is 0. The summed E-state index contributed by atoms with van der Waals surface area (Å²) in [6.07, 6.45) is 2.47. The third-order valence-electron chi connectivity index (χ3n) is 2.65. The van der Waals surface area contributed by atoms with Crippen molar-refractivity contribution in [2.75, 3.05) is 7.05 Å². The van der Waals surface area contributed by atoms with Crippen molar-refractivity contribution in [2.45, 2.75) is 17.3 Å². The van der Waals surface area contributed by atoms with E-state index < -0.39 is 4.84 Å². The molecule has 2 aromatic rings. The van der Waals surface area contributed by atoms with Gasteiger partial charge in [-0.05, 0) is 31.2 Å². The number of fused-ring (bicyclic) bond motifs is 1. The molecule has 1 aromatic heterocycles. The van der Waals surface area contributed by atoms with Gasteiger partial charge in [-0.15, -0.1) is 23.2 Å². The molecule has 86 valence electrons. The lowest BCUT2D eigenvalue weighted by Gasteiger charge is -2.16. The fraction of sp³-hybridized carbons (Fsp3) is 0.333. The maximum Gasteiger partial charge on any atom is 0.134 e. The van der Waals surface area contributed by atoms with E-state index in [2.05, 4.69) is 11.4 Å². The minimum atomic E-state index is -0.419. The summed E-state index contributed by atoms with van der Waals surface area (Å²) >= 11 is 11.7. The Morgan fingerprint density at radius 1 is 1.31 bits per heavy atom. The van der Waals surface area contributed by atoms with Crippen LogP contribution in [0.25, 0.3) is 11.0 Å². The van der Waals surface area contributed by atoms with E-state index in [4.69, 9.17) is 27.6 Å². The summed E-state index contributed by atoms with van der Waals surface area (Å²) in [7, 11) is 1.86. The van der Waals surface area contributed by atoms with Crippen LogP contribution in [0.4, 0.5) is 0 Å². The number of halogens is 2. The Morgan fingerprint density at radius 2 is 2.12 bits per heavy atom. The van der Waals surface area contributed by atoms with Crippen molar-refractivity contribution in [3.05, 3.63) is 36.1 Å². The molecule has 0 spiro atoms. The van der Waals surface area contributed by atoms with E-state index in [0.717, 1.165) is 23.0 Å². The molecule has 0 aliphatic carbocycles. The lowest BCUT2D eigenvalue weighted by Crippen LogP contribution is -2.33. The number of hydrogen-bond acceptors (Lipinski definition) is 2. The molecule has 2 rings (SSSR count). The van der Waals surface area contributed by atoms with Crippen molar-refractivity contribution >= 4 is 34.2 Å². The van der Waals surface area contributed by atoms with Gasteiger partial charge < -0.3 is 9.73 Å². The largest absolute Gasteiger partial charge is 0.464 e. The summed E-state index contributed by atoms with van der Waals surface area (Å²) in [4.78, 5) is -0.419. The smallest absolute Gasteiger partial charge is 0.134 e. The van der Waals surface area contributed by atoms with E-state index >= 15 is 0 Å². The van der Waals surface area contributed by atoms with Gasteiger partial charge in [0.15, 0.2) is 0 Å². The highest BCUT2D eigenvalue weighted by Crippen LogP contribution is 2.19. The van der Waals surface area contributed by atoms with E-state index in [1.807, 2.05) is 25.2 Å². The van der Waals surface area contributed by atoms with Crippen LogP contribution < -0.4 is 5.32 Å². The summed E-state index contributed by atoms with van der Waals surface area (Å²) in [5, 5.41) is 4.21. The summed E-state index contributed by atoms with van der Waals surface area (Å²) < 4.78 is 5.35. The average Bonchev–Trinajstić information content (AvgIpc) is 2.72. The van der Waals surface area contributed by atoms with Crippen molar-refractivity contribution < 1.29 is 4.42 Å². The molecule has 0 aliphatic heterocycles. The van der Waals surface area contributed by atoms with Crippen molar-refractivity contribution in [3.63, 3.8) is 0 Å². The van der Waals surface area contributed by atoms with Crippen LogP contribution in [0.5, 0.6) is 0 Å². The molecular weight excluding hydrogens is 245 g/mol. The minimum absolute atomic E-state index is 0.0516. The Hall–Kier alpha value is -0.700. The molecular formula is C12H13Cl2NO. The molecule has 1 heterocycles. The highest BCUT2D eigenvalue weighted by atomic mass is 35.5. The predicted molar refractivity (Wildman–Crippen MR) is 68.3 cm³/mol. The topological polar surface area (TPSA) is 25.2 Å². The van der Waals surface area contributed by atoms with E-state index in [-0.39, 0.29) is 6.04 Å². The fourth-order valence-corrected chi connectivity index (χ4v) is 2.13. The molecule has 0 amide bonds. The van der Waals surface area contributed by atoms with E-state index in [1.54, 1.807) is 6.26 Å². The first-order valence-corrected chi connectivity index (χ1v) is 5.99. The molecule has 0 saturated heterocycles. The third kappa shape index (κ3) is 2.51. The number of likely N-dealkylation sites (N-methyl/N-ethyl adjacent to an activating group) is 1. The molecule has 0 aliphatic rings. The van der Waals surface area contributed by atoms with Gasteiger partial charge in [0.1, 0.15) is 10.4 Å². The van der Waals surface area contributed by atoms with Gasteiger partial charge in [-0.1, -0.05) is 12.1 Å². The van der Waals surface area contributed by atoms with E-state index in [1.165, 1.54) is 0 Å². The zero-order chi connectivity index (χ0) is 11.5. The van der Waals surface area contributed by atoms with E-state index in [9.17, 15) is 0 Å². The Bertz CT molecular complexity index is 467. The molecule has 0 radical (unpaired) electrons. The van der Waals surface area contributed by atoms with Crippen molar-refractivity contribution in [1.29, 1.82) is 0 Å². The lowest BCUT2D eigenvalue weighted by molar-refractivity contribution is 0.590. The number of rotatable bonds is 4. The molecule has 0 saturated carbocycles. The summed E-state index contributed by atoms with van der Waals surface area (Å²) in [6.45, 7) is 0. The Kier molecular flexibility index (Phi) is 3.74. The second-order valence-electron chi connectivity index (χ2n) is 3.73. The predicted octanol–water partition coefficient (Wildman–Crippen LogP) is 3.37. The molecule has 1 unspecified atom stereocenters.